The van der Waals surface area contributed by atoms with Crippen molar-refractivity contribution in [2.45, 2.75) is 25.7 Å². The van der Waals surface area contributed by atoms with Crippen molar-refractivity contribution in [3.8, 4) is 0 Å². The average molecular weight is 409 g/mol. The van der Waals surface area contributed by atoms with E-state index in [9.17, 15) is 4.79 Å². The Kier molecular flexibility index (Phi) is 4.23. The minimum absolute atomic E-state index is 0.0819. The fourth-order valence-corrected chi connectivity index (χ4v) is 4.68. The highest BCUT2D eigenvalue weighted by Gasteiger charge is 2.21. The van der Waals surface area contributed by atoms with Gasteiger partial charge in [0, 0.05) is 43.0 Å². The zero-order valence-corrected chi connectivity index (χ0v) is 17.2. The molecule has 2 N–H and O–H groups in total. The van der Waals surface area contributed by atoms with Crippen molar-refractivity contribution in [1.82, 2.24) is 19.9 Å². The van der Waals surface area contributed by atoms with Gasteiger partial charge in [0.25, 0.3) is 0 Å². The largest absolute Gasteiger partial charge is 0.371 e. The number of H-pyrrole nitrogens is 2. The van der Waals surface area contributed by atoms with E-state index in [-0.39, 0.29) is 5.78 Å². The van der Waals surface area contributed by atoms with Crippen LogP contribution in [0.4, 0.5) is 5.69 Å². The van der Waals surface area contributed by atoms with E-state index in [4.69, 9.17) is 4.98 Å². The molecular weight excluding hydrogens is 386 g/mol. The Balaban J connectivity index is 1.39. The van der Waals surface area contributed by atoms with Gasteiger partial charge < -0.3 is 14.9 Å². The average Bonchev–Trinajstić information content (AvgIpc) is 3.46. The number of hydrogen-bond acceptors (Lipinski definition) is 4. The molecule has 0 saturated carbocycles. The summed E-state index contributed by atoms with van der Waals surface area (Å²) in [5.74, 6) is 0.721. The molecule has 1 aromatic carbocycles. The zero-order valence-electron chi connectivity index (χ0n) is 17.2. The Labute approximate surface area is 179 Å². The molecule has 6 rings (SSSR count). The second kappa shape index (κ2) is 7.23. The van der Waals surface area contributed by atoms with Gasteiger partial charge in [-0.1, -0.05) is 6.08 Å². The Hall–Kier alpha value is -3.67. The number of piperidine rings is 1. The highest BCUT2D eigenvalue weighted by Crippen LogP contribution is 2.32. The van der Waals surface area contributed by atoms with Crippen LogP contribution in [0, 0.1) is 0 Å². The highest BCUT2D eigenvalue weighted by molar-refractivity contribution is 6.24. The number of carbonyl (C=O) groups is 1. The summed E-state index contributed by atoms with van der Waals surface area (Å²) in [6, 6.07) is 10.4. The van der Waals surface area contributed by atoms with Crippen molar-refractivity contribution in [2.24, 2.45) is 0 Å². The van der Waals surface area contributed by atoms with Crippen molar-refractivity contribution in [1.29, 1.82) is 0 Å². The number of rotatable bonds is 3. The lowest BCUT2D eigenvalue weighted by Gasteiger charge is -2.28. The number of nitrogens with zero attached hydrogens (tertiary/aromatic N) is 3. The fourth-order valence-electron chi connectivity index (χ4n) is 4.68. The van der Waals surface area contributed by atoms with Crippen LogP contribution in [0.1, 0.15) is 37.1 Å². The number of ketones is 1. The number of aromatic nitrogens is 4. The topological polar surface area (TPSA) is 77.7 Å². The van der Waals surface area contributed by atoms with E-state index in [1.165, 1.54) is 24.9 Å². The van der Waals surface area contributed by atoms with Crippen molar-refractivity contribution in [2.75, 3.05) is 18.0 Å². The van der Waals surface area contributed by atoms with Gasteiger partial charge >= 0.3 is 0 Å². The van der Waals surface area contributed by atoms with Crippen LogP contribution in [0.2, 0.25) is 0 Å². The fraction of sp³-hybridized carbons (Fsp3) is 0.240. The SMILES string of the molecule is O=C1CC=C(c2ccnc3[nH]ccc23)C=C1c1nc2ccc(N3CCCCC3)cc2[nH]1. The van der Waals surface area contributed by atoms with Crippen LogP contribution in [-0.2, 0) is 4.79 Å². The standard InChI is InChI=1S/C25H23N5O/c31-23-7-4-16(18-8-10-26-24-19(18)9-11-27-24)14-20(23)25-28-21-6-5-17(15-22(21)29-25)30-12-2-1-3-13-30/h4-6,8-11,14-15H,1-3,7,12-13H2,(H,26,27)(H,28,29). The van der Waals surface area contributed by atoms with Crippen LogP contribution >= 0.6 is 0 Å². The summed E-state index contributed by atoms with van der Waals surface area (Å²) in [5.41, 5.74) is 6.65. The van der Waals surface area contributed by atoms with Crippen LogP contribution in [0.15, 0.2) is 54.9 Å². The zero-order chi connectivity index (χ0) is 20.8. The molecule has 4 heterocycles. The smallest absolute Gasteiger partial charge is 0.170 e. The Morgan fingerprint density at radius 2 is 1.94 bits per heavy atom. The summed E-state index contributed by atoms with van der Waals surface area (Å²) < 4.78 is 0. The summed E-state index contributed by atoms with van der Waals surface area (Å²) in [6.07, 6.45) is 11.8. The first-order valence-electron chi connectivity index (χ1n) is 10.9. The summed E-state index contributed by atoms with van der Waals surface area (Å²) in [5, 5.41) is 1.05. The van der Waals surface area contributed by atoms with Crippen molar-refractivity contribution in [3.63, 3.8) is 0 Å². The number of hydrogen-bond donors (Lipinski definition) is 2. The van der Waals surface area contributed by atoms with Crippen LogP contribution in [-0.4, -0.2) is 38.8 Å². The van der Waals surface area contributed by atoms with Crippen LogP contribution in [0.5, 0.6) is 0 Å². The molecule has 0 radical (unpaired) electrons. The molecule has 2 aliphatic rings. The molecule has 0 bridgehead atoms. The Bertz CT molecular complexity index is 1370. The third kappa shape index (κ3) is 3.15. The number of benzene rings is 1. The van der Waals surface area contributed by atoms with E-state index in [1.807, 2.05) is 30.5 Å². The molecule has 1 fully saturated rings. The van der Waals surface area contributed by atoms with Crippen molar-refractivity contribution >= 4 is 44.7 Å². The first-order chi connectivity index (χ1) is 15.3. The minimum atomic E-state index is 0.0819. The van der Waals surface area contributed by atoms with Gasteiger partial charge in [0.1, 0.15) is 11.5 Å². The van der Waals surface area contributed by atoms with Gasteiger partial charge in [-0.15, -0.1) is 0 Å². The normalized spacial score (nSPS) is 17.3. The number of pyridine rings is 1. The monoisotopic (exact) mass is 409 g/mol. The van der Waals surface area contributed by atoms with E-state index in [1.54, 1.807) is 6.20 Å². The lowest BCUT2D eigenvalue weighted by molar-refractivity contribution is -0.113. The molecule has 6 nitrogen and oxygen atoms in total. The summed E-state index contributed by atoms with van der Waals surface area (Å²) in [7, 11) is 0. The molecule has 6 heteroatoms. The quantitative estimate of drug-likeness (QED) is 0.506. The number of allylic oxidation sites excluding steroid dienone is 4. The van der Waals surface area contributed by atoms with Crippen LogP contribution < -0.4 is 4.90 Å². The number of fused-ring (bicyclic) bond motifs is 2. The van der Waals surface area contributed by atoms with Gasteiger partial charge in [0.05, 0.1) is 16.6 Å². The molecule has 0 atom stereocenters. The number of carbonyl (C=O) groups excluding carboxylic acids is 1. The summed E-state index contributed by atoms with van der Waals surface area (Å²) >= 11 is 0. The van der Waals surface area contributed by atoms with E-state index in [0.717, 1.165) is 46.3 Å². The first kappa shape index (κ1) is 18.1. The maximum atomic E-state index is 12.8. The van der Waals surface area contributed by atoms with E-state index < -0.39 is 0 Å². The van der Waals surface area contributed by atoms with E-state index in [0.29, 0.717) is 17.8 Å². The van der Waals surface area contributed by atoms with E-state index >= 15 is 0 Å². The number of imidazole rings is 1. The molecule has 1 aliphatic carbocycles. The Morgan fingerprint density at radius 3 is 2.84 bits per heavy atom. The second-order valence-electron chi connectivity index (χ2n) is 8.28. The molecule has 1 aliphatic heterocycles. The van der Waals surface area contributed by atoms with Crippen LogP contribution in [0.25, 0.3) is 33.2 Å². The lowest BCUT2D eigenvalue weighted by Crippen LogP contribution is -2.29. The molecule has 0 amide bonds. The van der Waals surface area contributed by atoms with Gasteiger partial charge in [0.2, 0.25) is 0 Å². The molecule has 1 saturated heterocycles. The molecule has 31 heavy (non-hydrogen) atoms. The van der Waals surface area contributed by atoms with Gasteiger partial charge in [0.15, 0.2) is 5.78 Å². The van der Waals surface area contributed by atoms with Gasteiger partial charge in [-0.05, 0) is 66.8 Å². The molecule has 3 aromatic heterocycles. The second-order valence-corrected chi connectivity index (χ2v) is 8.28. The maximum absolute atomic E-state index is 12.8. The van der Waals surface area contributed by atoms with Crippen LogP contribution in [0.3, 0.4) is 0 Å². The number of Topliss-reactive ketones (excluding diaryl/α,β-unsaturated/α-hetero) is 1. The summed E-state index contributed by atoms with van der Waals surface area (Å²) in [6.45, 7) is 2.20. The molecule has 4 aromatic rings. The third-order valence-electron chi connectivity index (χ3n) is 6.32. The minimum Gasteiger partial charge on any atom is -0.371 e. The Morgan fingerprint density at radius 1 is 1.03 bits per heavy atom. The maximum Gasteiger partial charge on any atom is 0.170 e. The van der Waals surface area contributed by atoms with Crippen molar-refractivity contribution < 1.29 is 4.79 Å². The van der Waals surface area contributed by atoms with Gasteiger partial charge in [-0.3, -0.25) is 4.79 Å². The number of nitrogens with one attached hydrogen (secondary N) is 2. The van der Waals surface area contributed by atoms with Gasteiger partial charge in [-0.2, -0.15) is 0 Å². The predicted octanol–water partition coefficient (Wildman–Crippen LogP) is 4.87. The summed E-state index contributed by atoms with van der Waals surface area (Å²) in [4.78, 5) is 30.9. The molecule has 0 spiro atoms. The predicted molar refractivity (Wildman–Crippen MR) is 124 cm³/mol. The number of aromatic amines is 2. The lowest BCUT2D eigenvalue weighted by atomic mass is 9.92. The highest BCUT2D eigenvalue weighted by atomic mass is 16.1. The van der Waals surface area contributed by atoms with Crippen molar-refractivity contribution in [3.05, 3.63) is 66.3 Å². The van der Waals surface area contributed by atoms with E-state index in [2.05, 4.69) is 38.1 Å². The van der Waals surface area contributed by atoms with Gasteiger partial charge in [-0.25, -0.2) is 9.97 Å². The third-order valence-corrected chi connectivity index (χ3v) is 6.32. The molecule has 0 unspecified atom stereocenters. The first-order valence-corrected chi connectivity index (χ1v) is 10.9. The molecular formula is C25H23N5O. The number of anilines is 1. The molecule has 154 valence electrons.